The lowest BCUT2D eigenvalue weighted by Crippen LogP contribution is -1.96. The van der Waals surface area contributed by atoms with Crippen LogP contribution in [0.1, 0.15) is 11.1 Å². The first kappa shape index (κ1) is 24.2. The minimum atomic E-state index is 0.617. The number of nitrogens with zero attached hydrogens (tertiary/aromatic N) is 3. The summed E-state index contributed by atoms with van der Waals surface area (Å²) in [4.78, 5) is 15.0. The Bertz CT molecular complexity index is 1680. The summed E-state index contributed by atoms with van der Waals surface area (Å²) < 4.78 is 10.7. The standard InChI is InChI=1S/C34H26N3O2/c1-38-27-17-13-23(14-18-27)29-21-31(25-9-5-3-6-10-25)35-33(29)37-34-30(24-15-19-28(39-2)20-16-24)22-32(36-34)26-11-7-4-8-12-26/h3-22H,1-2H3/q-1/b37-33-. The van der Waals surface area contributed by atoms with Gasteiger partial charge in [0.05, 0.1) is 25.8 Å². The lowest BCUT2D eigenvalue weighted by Gasteiger charge is -2.13. The normalized spacial score (nSPS) is 13.7. The molecule has 0 amide bonds. The third kappa shape index (κ3) is 5.03. The van der Waals surface area contributed by atoms with Crippen LogP contribution in [0.2, 0.25) is 0 Å². The fraction of sp³-hybridized carbons (Fsp3) is 0.0588. The Morgan fingerprint density at radius 3 is 1.77 bits per heavy atom. The smallest absolute Gasteiger partial charge is 0.118 e. The predicted molar refractivity (Wildman–Crippen MR) is 158 cm³/mol. The largest absolute Gasteiger partial charge is 0.497 e. The van der Waals surface area contributed by atoms with Crippen LogP contribution in [0, 0.1) is 0 Å². The molecule has 5 aromatic rings. The van der Waals surface area contributed by atoms with Crippen LogP contribution in [-0.4, -0.2) is 25.8 Å². The van der Waals surface area contributed by atoms with E-state index in [1.54, 1.807) is 14.2 Å². The van der Waals surface area contributed by atoms with Crippen LogP contribution in [0.15, 0.2) is 131 Å². The molecule has 0 aliphatic carbocycles. The number of ether oxygens (including phenoxy) is 2. The van der Waals surface area contributed by atoms with E-state index in [1.807, 2.05) is 84.9 Å². The molecule has 0 radical (unpaired) electrons. The molecule has 0 fully saturated rings. The average Bonchev–Trinajstić information content (AvgIpc) is 3.63. The minimum Gasteiger partial charge on any atom is -0.497 e. The lowest BCUT2D eigenvalue weighted by atomic mass is 10.0. The topological polar surface area (TPSA) is 57.3 Å². The van der Waals surface area contributed by atoms with Gasteiger partial charge < -0.3 is 19.5 Å². The van der Waals surface area contributed by atoms with Gasteiger partial charge >= 0.3 is 0 Å². The van der Waals surface area contributed by atoms with Gasteiger partial charge in [0.25, 0.3) is 0 Å². The van der Waals surface area contributed by atoms with E-state index in [0.717, 1.165) is 56.3 Å². The molecule has 0 saturated heterocycles. The molecule has 4 aromatic carbocycles. The zero-order valence-corrected chi connectivity index (χ0v) is 21.7. The van der Waals surface area contributed by atoms with Gasteiger partial charge in [-0.05, 0) is 64.1 Å². The van der Waals surface area contributed by atoms with E-state index >= 15 is 0 Å². The molecule has 0 atom stereocenters. The molecule has 5 nitrogen and oxygen atoms in total. The molecular formula is C34H26N3O2-. The number of rotatable bonds is 7. The molecule has 0 spiro atoms. The van der Waals surface area contributed by atoms with Crippen molar-refractivity contribution in [1.82, 2.24) is 4.98 Å². The number of benzene rings is 4. The molecule has 5 heteroatoms. The Labute approximate surface area is 227 Å². The average molecular weight is 509 g/mol. The van der Waals surface area contributed by atoms with Crippen LogP contribution in [0.25, 0.3) is 28.0 Å². The van der Waals surface area contributed by atoms with E-state index in [9.17, 15) is 0 Å². The Balaban J connectivity index is 1.50. The first-order valence-corrected chi connectivity index (χ1v) is 12.7. The lowest BCUT2D eigenvalue weighted by molar-refractivity contribution is 0.414. The van der Waals surface area contributed by atoms with Crippen molar-refractivity contribution in [3.05, 3.63) is 132 Å². The quantitative estimate of drug-likeness (QED) is 0.227. The van der Waals surface area contributed by atoms with E-state index in [4.69, 9.17) is 24.4 Å². The van der Waals surface area contributed by atoms with Gasteiger partial charge in [-0.1, -0.05) is 91.0 Å². The van der Waals surface area contributed by atoms with Gasteiger partial charge in [0, 0.05) is 11.1 Å². The SMILES string of the molecule is COc1ccc(C2=CC(c3ccccc3)=N/C2=N\c2[n-]c(-c3ccccc3)cc2-c2ccc(OC)cc2)cc1. The number of allylic oxidation sites excluding steroid dienone is 1. The highest BCUT2D eigenvalue weighted by atomic mass is 16.5. The molecule has 6 rings (SSSR count). The minimum absolute atomic E-state index is 0.617. The summed E-state index contributed by atoms with van der Waals surface area (Å²) in [6.07, 6.45) is 2.09. The number of amidine groups is 1. The monoisotopic (exact) mass is 508 g/mol. The van der Waals surface area contributed by atoms with Crippen LogP contribution >= 0.6 is 0 Å². The van der Waals surface area contributed by atoms with Crippen molar-refractivity contribution < 1.29 is 9.47 Å². The van der Waals surface area contributed by atoms with Crippen molar-refractivity contribution in [1.29, 1.82) is 0 Å². The Morgan fingerprint density at radius 2 is 1.18 bits per heavy atom. The maximum absolute atomic E-state index is 5.37. The fourth-order valence-electron chi connectivity index (χ4n) is 4.57. The number of hydrogen-bond acceptors (Lipinski definition) is 3. The second kappa shape index (κ2) is 10.7. The Kier molecular flexibility index (Phi) is 6.62. The summed E-state index contributed by atoms with van der Waals surface area (Å²) >= 11 is 0. The molecule has 1 aliphatic rings. The predicted octanol–water partition coefficient (Wildman–Crippen LogP) is 7.61. The molecule has 0 saturated carbocycles. The first-order valence-electron chi connectivity index (χ1n) is 12.7. The summed E-state index contributed by atoms with van der Waals surface area (Å²) in [5, 5.41) is 0. The molecule has 0 N–H and O–H groups in total. The third-order valence-corrected chi connectivity index (χ3v) is 6.65. The molecule has 0 bridgehead atoms. The third-order valence-electron chi connectivity index (χ3n) is 6.65. The fourth-order valence-corrected chi connectivity index (χ4v) is 4.57. The van der Waals surface area contributed by atoms with Crippen LogP contribution in [0.4, 0.5) is 5.82 Å². The molecule has 2 heterocycles. The van der Waals surface area contributed by atoms with Crippen LogP contribution < -0.4 is 14.5 Å². The first-order chi connectivity index (χ1) is 19.2. The van der Waals surface area contributed by atoms with E-state index in [1.165, 1.54) is 0 Å². The highest BCUT2D eigenvalue weighted by Crippen LogP contribution is 2.37. The van der Waals surface area contributed by atoms with Crippen molar-refractivity contribution in [2.75, 3.05) is 14.2 Å². The maximum atomic E-state index is 5.37. The Morgan fingerprint density at radius 1 is 0.615 bits per heavy atom. The number of aromatic nitrogens is 1. The Hall–Kier alpha value is -5.16. The van der Waals surface area contributed by atoms with Crippen molar-refractivity contribution in [3.8, 4) is 33.9 Å². The van der Waals surface area contributed by atoms with Crippen molar-refractivity contribution >= 4 is 22.9 Å². The van der Waals surface area contributed by atoms with E-state index in [-0.39, 0.29) is 0 Å². The summed E-state index contributed by atoms with van der Waals surface area (Å²) in [5.41, 5.74) is 7.66. The van der Waals surface area contributed by atoms with Crippen molar-refractivity contribution in [2.24, 2.45) is 9.98 Å². The number of hydrogen-bond donors (Lipinski definition) is 0. The van der Waals surface area contributed by atoms with Crippen LogP contribution in [-0.2, 0) is 0 Å². The second-order valence-electron chi connectivity index (χ2n) is 9.06. The van der Waals surface area contributed by atoms with Crippen molar-refractivity contribution in [3.63, 3.8) is 0 Å². The van der Waals surface area contributed by atoms with Crippen LogP contribution in [0.5, 0.6) is 11.5 Å². The summed E-state index contributed by atoms with van der Waals surface area (Å²) in [6.45, 7) is 0. The van der Waals surface area contributed by atoms with Crippen LogP contribution in [0.3, 0.4) is 0 Å². The van der Waals surface area contributed by atoms with Gasteiger partial charge in [-0.2, -0.15) is 0 Å². The van der Waals surface area contributed by atoms with Gasteiger partial charge in [0.1, 0.15) is 11.5 Å². The highest BCUT2D eigenvalue weighted by Gasteiger charge is 2.17. The highest BCUT2D eigenvalue weighted by molar-refractivity contribution is 6.38. The van der Waals surface area contributed by atoms with E-state index in [0.29, 0.717) is 11.7 Å². The molecule has 0 unspecified atom stereocenters. The summed E-state index contributed by atoms with van der Waals surface area (Å²) in [7, 11) is 3.33. The second-order valence-corrected chi connectivity index (χ2v) is 9.06. The van der Waals surface area contributed by atoms with Gasteiger partial charge in [-0.15, -0.1) is 0 Å². The van der Waals surface area contributed by atoms with Crippen molar-refractivity contribution in [2.45, 2.75) is 0 Å². The van der Waals surface area contributed by atoms with E-state index in [2.05, 4.69) is 36.4 Å². The summed E-state index contributed by atoms with van der Waals surface area (Å²) in [6, 6.07) is 38.3. The number of aliphatic imine (C=N–C) groups is 2. The van der Waals surface area contributed by atoms with Gasteiger partial charge in [-0.25, -0.2) is 0 Å². The molecule has 1 aromatic heterocycles. The number of methoxy groups -OCH3 is 2. The van der Waals surface area contributed by atoms with Gasteiger partial charge in [-0.3, -0.25) is 4.99 Å². The van der Waals surface area contributed by atoms with E-state index < -0.39 is 0 Å². The molecule has 1 aliphatic heterocycles. The maximum Gasteiger partial charge on any atom is 0.118 e. The molecular weight excluding hydrogens is 482 g/mol. The van der Waals surface area contributed by atoms with Gasteiger partial charge in [0.2, 0.25) is 0 Å². The zero-order chi connectivity index (χ0) is 26.6. The van der Waals surface area contributed by atoms with Gasteiger partial charge in [0.15, 0.2) is 0 Å². The summed E-state index contributed by atoms with van der Waals surface area (Å²) in [5.74, 6) is 2.83. The molecule has 39 heavy (non-hydrogen) atoms. The zero-order valence-electron chi connectivity index (χ0n) is 21.7. The molecule has 190 valence electrons.